The Bertz CT molecular complexity index is 690. The van der Waals surface area contributed by atoms with Crippen LogP contribution in [-0.2, 0) is 22.9 Å². The molecule has 1 atom stereocenters. The minimum Gasteiger partial charge on any atom is -0.354 e. The summed E-state index contributed by atoms with van der Waals surface area (Å²) < 4.78 is 36.3. The lowest BCUT2D eigenvalue weighted by Gasteiger charge is -2.18. The molecule has 0 aliphatic heterocycles. The van der Waals surface area contributed by atoms with Gasteiger partial charge in [-0.2, -0.15) is 0 Å². The second kappa shape index (κ2) is 9.72. The smallest absolute Gasteiger partial charge is 0.191 e. The van der Waals surface area contributed by atoms with Crippen molar-refractivity contribution in [3.63, 3.8) is 0 Å². The first kappa shape index (κ1) is 21.4. The molecule has 0 aliphatic rings. The van der Waals surface area contributed by atoms with Gasteiger partial charge in [0.05, 0.1) is 5.75 Å². The summed E-state index contributed by atoms with van der Waals surface area (Å²) in [5, 5.41) is 6.33. The fourth-order valence-electron chi connectivity index (χ4n) is 2.28. The van der Waals surface area contributed by atoms with E-state index in [1.807, 2.05) is 32.0 Å². The molecule has 1 unspecified atom stereocenters. The number of halogens is 1. The van der Waals surface area contributed by atoms with E-state index in [1.165, 1.54) is 12.3 Å². The van der Waals surface area contributed by atoms with Crippen molar-refractivity contribution in [1.29, 1.82) is 0 Å². The molecular weight excluding hydrogens is 343 g/mol. The maximum Gasteiger partial charge on any atom is 0.191 e. The molecular formula is C17H29FN4O2S. The zero-order valence-electron chi connectivity index (χ0n) is 15.6. The van der Waals surface area contributed by atoms with Gasteiger partial charge in [0.25, 0.3) is 0 Å². The third-order valence-corrected chi connectivity index (χ3v) is 4.56. The standard InChI is InChI=1S/C17H29FN4O2S/c1-13(8-9-25(5,23)24)21-17(19-2)20-11-14-6-7-16(18)15(10-14)12-22(3)4/h6-7,10,13H,8-9,11-12H2,1-5H3,(H2,19,20,21). The van der Waals surface area contributed by atoms with Crippen LogP contribution in [0.5, 0.6) is 0 Å². The van der Waals surface area contributed by atoms with Crippen molar-refractivity contribution in [3.05, 3.63) is 35.1 Å². The second-order valence-corrected chi connectivity index (χ2v) is 8.81. The maximum atomic E-state index is 13.8. The number of hydrogen-bond acceptors (Lipinski definition) is 4. The number of hydrogen-bond donors (Lipinski definition) is 2. The first-order valence-corrected chi connectivity index (χ1v) is 10.2. The molecule has 0 aliphatic carbocycles. The van der Waals surface area contributed by atoms with Crippen LogP contribution in [0.2, 0.25) is 0 Å². The van der Waals surface area contributed by atoms with Crippen molar-refractivity contribution >= 4 is 15.8 Å². The van der Waals surface area contributed by atoms with Crippen LogP contribution in [0.4, 0.5) is 4.39 Å². The monoisotopic (exact) mass is 372 g/mol. The Balaban J connectivity index is 2.60. The van der Waals surface area contributed by atoms with E-state index in [0.29, 0.717) is 31.0 Å². The molecule has 1 aromatic rings. The van der Waals surface area contributed by atoms with E-state index >= 15 is 0 Å². The van der Waals surface area contributed by atoms with Crippen LogP contribution in [0.25, 0.3) is 0 Å². The van der Waals surface area contributed by atoms with Gasteiger partial charge in [-0.25, -0.2) is 12.8 Å². The normalized spacial score (nSPS) is 13.8. The summed E-state index contributed by atoms with van der Waals surface area (Å²) in [5.74, 6) is 0.498. The number of sulfone groups is 1. The quantitative estimate of drug-likeness (QED) is 0.533. The molecule has 1 aromatic carbocycles. The topological polar surface area (TPSA) is 73.8 Å². The Labute approximate surface area is 150 Å². The molecule has 8 heteroatoms. The average molecular weight is 373 g/mol. The van der Waals surface area contributed by atoms with Crippen LogP contribution in [0.3, 0.4) is 0 Å². The van der Waals surface area contributed by atoms with E-state index in [2.05, 4.69) is 15.6 Å². The molecule has 142 valence electrons. The van der Waals surface area contributed by atoms with Crippen molar-refractivity contribution in [2.75, 3.05) is 33.2 Å². The predicted molar refractivity (Wildman–Crippen MR) is 101 cm³/mol. The third kappa shape index (κ3) is 8.83. The van der Waals surface area contributed by atoms with Gasteiger partial charge in [-0.3, -0.25) is 4.99 Å². The molecule has 0 aromatic heterocycles. The fraction of sp³-hybridized carbons (Fsp3) is 0.588. The zero-order chi connectivity index (χ0) is 19.0. The van der Waals surface area contributed by atoms with Crippen LogP contribution in [0, 0.1) is 5.82 Å². The third-order valence-electron chi connectivity index (χ3n) is 3.59. The molecule has 0 radical (unpaired) electrons. The molecule has 0 saturated carbocycles. The van der Waals surface area contributed by atoms with Gasteiger partial charge in [0.2, 0.25) is 0 Å². The van der Waals surface area contributed by atoms with Crippen molar-refractivity contribution < 1.29 is 12.8 Å². The minimum absolute atomic E-state index is 0.0292. The molecule has 0 fully saturated rings. The van der Waals surface area contributed by atoms with Crippen LogP contribution >= 0.6 is 0 Å². The molecule has 0 saturated heterocycles. The molecule has 2 N–H and O–H groups in total. The van der Waals surface area contributed by atoms with Crippen LogP contribution in [0.15, 0.2) is 23.2 Å². The fourth-order valence-corrected chi connectivity index (χ4v) is 3.06. The highest BCUT2D eigenvalue weighted by atomic mass is 32.2. The molecule has 1 rings (SSSR count). The first-order valence-electron chi connectivity index (χ1n) is 8.17. The lowest BCUT2D eigenvalue weighted by molar-refractivity contribution is 0.392. The summed E-state index contributed by atoms with van der Waals surface area (Å²) in [6.07, 6.45) is 1.73. The number of guanidine groups is 1. The van der Waals surface area contributed by atoms with Crippen LogP contribution in [0.1, 0.15) is 24.5 Å². The van der Waals surface area contributed by atoms with Crippen molar-refractivity contribution in [2.24, 2.45) is 4.99 Å². The van der Waals surface area contributed by atoms with Gasteiger partial charge >= 0.3 is 0 Å². The van der Waals surface area contributed by atoms with Gasteiger partial charge in [0, 0.05) is 38.0 Å². The summed E-state index contributed by atoms with van der Waals surface area (Å²) in [6.45, 7) is 2.94. The Hall–Kier alpha value is -1.67. The summed E-state index contributed by atoms with van der Waals surface area (Å²) in [6, 6.07) is 5.02. The lowest BCUT2D eigenvalue weighted by Crippen LogP contribution is -2.42. The number of rotatable bonds is 8. The number of nitrogens with zero attached hydrogens (tertiary/aromatic N) is 2. The van der Waals surface area contributed by atoms with Gasteiger partial charge in [0.15, 0.2) is 5.96 Å². The Morgan fingerprint density at radius 1 is 1.36 bits per heavy atom. The van der Waals surface area contributed by atoms with E-state index in [9.17, 15) is 12.8 Å². The van der Waals surface area contributed by atoms with Gasteiger partial charge in [-0.05, 0) is 45.1 Å². The van der Waals surface area contributed by atoms with E-state index in [1.54, 1.807) is 13.1 Å². The van der Waals surface area contributed by atoms with Crippen molar-refractivity contribution in [1.82, 2.24) is 15.5 Å². The summed E-state index contributed by atoms with van der Waals surface area (Å²) in [7, 11) is 2.47. The Morgan fingerprint density at radius 2 is 2.04 bits per heavy atom. The molecule has 0 heterocycles. The Morgan fingerprint density at radius 3 is 2.60 bits per heavy atom. The molecule has 0 spiro atoms. The SMILES string of the molecule is CN=C(NCc1ccc(F)c(CN(C)C)c1)NC(C)CCS(C)(=O)=O. The molecule has 0 amide bonds. The number of benzene rings is 1. The Kier molecular flexibility index (Phi) is 8.31. The number of nitrogens with one attached hydrogen (secondary N) is 2. The largest absolute Gasteiger partial charge is 0.354 e. The van der Waals surface area contributed by atoms with Gasteiger partial charge in [0.1, 0.15) is 15.7 Å². The highest BCUT2D eigenvalue weighted by molar-refractivity contribution is 7.90. The predicted octanol–water partition coefficient (Wildman–Crippen LogP) is 1.38. The highest BCUT2D eigenvalue weighted by Crippen LogP contribution is 2.12. The minimum atomic E-state index is -2.98. The van der Waals surface area contributed by atoms with Crippen molar-refractivity contribution in [2.45, 2.75) is 32.5 Å². The van der Waals surface area contributed by atoms with E-state index in [4.69, 9.17) is 0 Å². The summed E-state index contributed by atoms with van der Waals surface area (Å²) in [4.78, 5) is 6.05. The summed E-state index contributed by atoms with van der Waals surface area (Å²) in [5.41, 5.74) is 1.60. The second-order valence-electron chi connectivity index (χ2n) is 6.55. The average Bonchev–Trinajstić information content (AvgIpc) is 2.51. The van der Waals surface area contributed by atoms with Gasteiger partial charge < -0.3 is 15.5 Å². The highest BCUT2D eigenvalue weighted by Gasteiger charge is 2.10. The maximum absolute atomic E-state index is 13.8. The zero-order valence-corrected chi connectivity index (χ0v) is 16.5. The van der Waals surface area contributed by atoms with Crippen LogP contribution in [-0.4, -0.2) is 58.5 Å². The molecule has 6 nitrogen and oxygen atoms in total. The van der Waals surface area contributed by atoms with E-state index < -0.39 is 9.84 Å². The lowest BCUT2D eigenvalue weighted by atomic mass is 10.1. The van der Waals surface area contributed by atoms with Gasteiger partial charge in [-0.1, -0.05) is 6.07 Å². The van der Waals surface area contributed by atoms with Gasteiger partial charge in [-0.15, -0.1) is 0 Å². The van der Waals surface area contributed by atoms with E-state index in [-0.39, 0.29) is 17.6 Å². The molecule has 0 bridgehead atoms. The first-order chi connectivity index (χ1) is 11.6. The van der Waals surface area contributed by atoms with Crippen LogP contribution < -0.4 is 10.6 Å². The summed E-state index contributed by atoms with van der Waals surface area (Å²) >= 11 is 0. The van der Waals surface area contributed by atoms with E-state index in [0.717, 1.165) is 5.56 Å². The van der Waals surface area contributed by atoms with Crippen molar-refractivity contribution in [3.8, 4) is 0 Å². The molecule has 25 heavy (non-hydrogen) atoms. The number of aliphatic imine (C=N–C) groups is 1.